The highest BCUT2D eigenvalue weighted by Gasteiger charge is 2.22. The van der Waals surface area contributed by atoms with Crippen LogP contribution in [-0.2, 0) is 6.42 Å². The lowest BCUT2D eigenvalue weighted by atomic mass is 9.91. The van der Waals surface area contributed by atoms with Crippen molar-refractivity contribution < 1.29 is 9.90 Å². The van der Waals surface area contributed by atoms with Gasteiger partial charge in [0.15, 0.2) is 0 Å². The monoisotopic (exact) mass is 489 g/mol. The predicted octanol–water partition coefficient (Wildman–Crippen LogP) is 5.30. The zero-order valence-electron chi connectivity index (χ0n) is 20.5. The van der Waals surface area contributed by atoms with Gasteiger partial charge >= 0.3 is 0 Å². The number of carbonyl (C=O) groups is 1. The van der Waals surface area contributed by atoms with Crippen molar-refractivity contribution >= 4 is 17.8 Å². The van der Waals surface area contributed by atoms with Crippen LogP contribution in [0.15, 0.2) is 115 Å². The van der Waals surface area contributed by atoms with Gasteiger partial charge in [0, 0.05) is 23.7 Å². The Kier molecular flexibility index (Phi) is 8.63. The average Bonchev–Trinajstić information content (AvgIpc) is 2.95. The van der Waals surface area contributed by atoms with E-state index in [2.05, 4.69) is 5.32 Å². The maximum atomic E-state index is 13.3. The second kappa shape index (κ2) is 12.5. The molecule has 0 aromatic heterocycles. The maximum absolute atomic E-state index is 13.3. The summed E-state index contributed by atoms with van der Waals surface area (Å²) in [4.78, 5) is 13.3. The van der Waals surface area contributed by atoms with Crippen molar-refractivity contribution in [1.82, 2.24) is 5.32 Å². The summed E-state index contributed by atoms with van der Waals surface area (Å²) >= 11 is 0. The van der Waals surface area contributed by atoms with E-state index in [0.717, 1.165) is 22.3 Å². The Morgan fingerprint density at radius 2 is 1.49 bits per heavy atom. The fourth-order valence-electron chi connectivity index (χ4n) is 4.26. The zero-order valence-corrected chi connectivity index (χ0v) is 20.5. The Morgan fingerprint density at radius 3 is 2.14 bits per heavy atom. The molecule has 5 nitrogen and oxygen atoms in total. The molecule has 4 aromatic carbocycles. The van der Waals surface area contributed by atoms with Crippen LogP contribution in [0.5, 0.6) is 0 Å². The molecule has 5 N–H and O–H groups in total. The van der Waals surface area contributed by atoms with E-state index in [0.29, 0.717) is 17.5 Å². The van der Waals surface area contributed by atoms with Crippen LogP contribution in [0.25, 0.3) is 17.2 Å². The molecule has 2 atom stereocenters. The van der Waals surface area contributed by atoms with Gasteiger partial charge in [-0.1, -0.05) is 103 Å². The van der Waals surface area contributed by atoms with Gasteiger partial charge in [0.2, 0.25) is 0 Å². The first-order valence-electron chi connectivity index (χ1n) is 12.3. The Hall–Kier alpha value is -4.48. The molecule has 0 spiro atoms. The third-order valence-electron chi connectivity index (χ3n) is 6.33. The summed E-state index contributed by atoms with van der Waals surface area (Å²) < 4.78 is 0. The first-order valence-corrected chi connectivity index (χ1v) is 12.3. The zero-order chi connectivity index (χ0) is 26.0. The van der Waals surface area contributed by atoms with Crippen LogP contribution >= 0.6 is 0 Å². The summed E-state index contributed by atoms with van der Waals surface area (Å²) in [6, 6.07) is 34.4. The van der Waals surface area contributed by atoms with E-state index in [4.69, 9.17) is 11.1 Å². The molecule has 2 unspecified atom stereocenters. The number of aliphatic hydroxyl groups is 1. The van der Waals surface area contributed by atoms with Crippen molar-refractivity contribution in [1.29, 1.82) is 5.41 Å². The molecule has 0 fully saturated rings. The summed E-state index contributed by atoms with van der Waals surface area (Å²) in [6.45, 7) is -0.124. The molecular weight excluding hydrogens is 458 g/mol. The van der Waals surface area contributed by atoms with Crippen LogP contribution in [-0.4, -0.2) is 29.5 Å². The summed E-state index contributed by atoms with van der Waals surface area (Å²) in [7, 11) is 0. The number of benzene rings is 4. The van der Waals surface area contributed by atoms with E-state index in [9.17, 15) is 9.90 Å². The van der Waals surface area contributed by atoms with Gasteiger partial charge < -0.3 is 16.2 Å². The first-order chi connectivity index (χ1) is 18.0. The third-order valence-corrected chi connectivity index (χ3v) is 6.33. The lowest BCUT2D eigenvalue weighted by Gasteiger charge is -2.25. The molecule has 0 bridgehead atoms. The summed E-state index contributed by atoms with van der Waals surface area (Å²) in [6.07, 6.45) is 4.40. The molecule has 0 saturated carbocycles. The van der Waals surface area contributed by atoms with Gasteiger partial charge in [0.05, 0.1) is 6.04 Å². The molecule has 5 heteroatoms. The molecule has 0 aliphatic heterocycles. The second-order valence-electron chi connectivity index (χ2n) is 8.97. The number of nitrogens with one attached hydrogen (secondary N) is 2. The number of amides is 1. The van der Waals surface area contributed by atoms with Gasteiger partial charge in [-0.25, -0.2) is 0 Å². The minimum absolute atomic E-state index is 0.00447. The molecular formula is C32H31N3O2. The highest BCUT2D eigenvalue weighted by atomic mass is 16.3. The smallest absolute Gasteiger partial charge is 0.251 e. The minimum Gasteiger partial charge on any atom is -0.396 e. The quantitative estimate of drug-likeness (QED) is 0.180. The Morgan fingerprint density at radius 1 is 0.838 bits per heavy atom. The van der Waals surface area contributed by atoms with E-state index in [1.54, 1.807) is 6.07 Å². The molecule has 0 saturated heterocycles. The number of hydrogen-bond acceptors (Lipinski definition) is 3. The molecule has 4 rings (SSSR count). The topological polar surface area (TPSA) is 99.2 Å². The molecule has 0 aliphatic rings. The number of nitrogen functional groups attached to an aromatic ring is 1. The van der Waals surface area contributed by atoms with Crippen molar-refractivity contribution in [3.63, 3.8) is 0 Å². The van der Waals surface area contributed by atoms with Gasteiger partial charge in [-0.15, -0.1) is 0 Å². The summed E-state index contributed by atoms with van der Waals surface area (Å²) in [5.74, 6) is -0.497. The maximum Gasteiger partial charge on any atom is 0.251 e. The van der Waals surface area contributed by atoms with Crippen molar-refractivity contribution in [3.8, 4) is 11.1 Å². The molecule has 0 aliphatic carbocycles. The average molecular weight is 490 g/mol. The van der Waals surface area contributed by atoms with Gasteiger partial charge in [-0.2, -0.15) is 0 Å². The second-order valence-corrected chi connectivity index (χ2v) is 8.97. The minimum atomic E-state index is -0.424. The molecule has 0 heterocycles. The van der Waals surface area contributed by atoms with E-state index < -0.39 is 6.04 Å². The number of hydrogen-bond donors (Lipinski definition) is 4. The van der Waals surface area contributed by atoms with Crippen molar-refractivity contribution in [2.24, 2.45) is 11.7 Å². The lowest BCUT2D eigenvalue weighted by Crippen LogP contribution is -2.41. The number of aliphatic hydroxyl groups excluding tert-OH is 1. The molecule has 186 valence electrons. The van der Waals surface area contributed by atoms with Crippen molar-refractivity contribution in [2.45, 2.75) is 12.5 Å². The lowest BCUT2D eigenvalue weighted by molar-refractivity contribution is 0.0921. The van der Waals surface area contributed by atoms with Crippen LogP contribution in [0.1, 0.15) is 27.0 Å². The standard InChI is InChI=1S/C32H31N3O2/c33-31(34)28-13-7-10-24(20-28)21-29(22-36)30(19-14-23-8-3-1-4-9-23)35-32(37)27-17-15-26(16-18-27)25-11-5-2-6-12-25/h1-20,29-30,36H,21-22H2,(H3,33,34)(H,35,37). The summed E-state index contributed by atoms with van der Waals surface area (Å²) in [5, 5.41) is 21.2. The first kappa shape index (κ1) is 25.6. The van der Waals surface area contributed by atoms with Gasteiger partial charge in [-0.3, -0.25) is 10.2 Å². The highest BCUT2D eigenvalue weighted by molar-refractivity contribution is 5.95. The van der Waals surface area contributed by atoms with Crippen LogP contribution in [0.3, 0.4) is 0 Å². The number of carbonyl (C=O) groups excluding carboxylic acids is 1. The largest absolute Gasteiger partial charge is 0.396 e. The van der Waals surface area contributed by atoms with Gasteiger partial charge in [0.1, 0.15) is 5.84 Å². The van der Waals surface area contributed by atoms with E-state index in [1.165, 1.54) is 0 Å². The Balaban J connectivity index is 1.56. The number of rotatable bonds is 10. The fourth-order valence-corrected chi connectivity index (χ4v) is 4.26. The van der Waals surface area contributed by atoms with Crippen molar-refractivity contribution in [2.75, 3.05) is 6.61 Å². The van der Waals surface area contributed by atoms with Gasteiger partial charge in [0.25, 0.3) is 5.91 Å². The number of amidine groups is 1. The highest BCUT2D eigenvalue weighted by Crippen LogP contribution is 2.20. The number of nitrogens with two attached hydrogens (primary N) is 1. The molecule has 4 aromatic rings. The van der Waals surface area contributed by atoms with Gasteiger partial charge in [-0.05, 0) is 46.9 Å². The molecule has 37 heavy (non-hydrogen) atoms. The third kappa shape index (κ3) is 7.03. The molecule has 0 radical (unpaired) electrons. The van der Waals surface area contributed by atoms with Crippen LogP contribution < -0.4 is 11.1 Å². The van der Waals surface area contributed by atoms with E-state index in [-0.39, 0.29) is 24.3 Å². The fraction of sp³-hybridized carbons (Fsp3) is 0.125. The van der Waals surface area contributed by atoms with E-state index >= 15 is 0 Å². The van der Waals surface area contributed by atoms with Crippen LogP contribution in [0.2, 0.25) is 0 Å². The Labute approximate surface area is 217 Å². The predicted molar refractivity (Wildman–Crippen MR) is 150 cm³/mol. The van der Waals surface area contributed by atoms with Crippen LogP contribution in [0, 0.1) is 11.3 Å². The van der Waals surface area contributed by atoms with Crippen molar-refractivity contribution in [3.05, 3.63) is 138 Å². The molecule has 1 amide bonds. The SMILES string of the molecule is N=C(N)c1cccc(CC(CO)C(C=Cc2ccccc2)NC(=O)c2ccc(-c3ccccc3)cc2)c1. The normalized spacial score (nSPS) is 12.7. The van der Waals surface area contributed by atoms with E-state index in [1.807, 2.05) is 115 Å². The summed E-state index contributed by atoms with van der Waals surface area (Å²) in [5.41, 5.74) is 10.9. The Bertz CT molecular complexity index is 1350. The van der Waals surface area contributed by atoms with Crippen LogP contribution in [0.4, 0.5) is 0 Å².